The van der Waals surface area contributed by atoms with E-state index in [1.807, 2.05) is 0 Å². The molecule has 0 aliphatic carbocycles. The lowest BCUT2D eigenvalue weighted by Gasteiger charge is -2.10. The molecule has 92 valence electrons. The normalized spacial score (nSPS) is 19.4. The minimum absolute atomic E-state index is 1.13. The largest absolute Gasteiger partial charge is 0.316 e. The van der Waals surface area contributed by atoms with Gasteiger partial charge in [-0.1, -0.05) is 29.3 Å². The molecule has 0 saturated carbocycles. The van der Waals surface area contributed by atoms with Crippen molar-refractivity contribution in [3.8, 4) is 0 Å². The molecule has 0 bridgehead atoms. The molecule has 0 aromatic heterocycles. The Labute approximate surface area is 105 Å². The summed E-state index contributed by atoms with van der Waals surface area (Å²) in [7, 11) is 0. The third-order valence-electron chi connectivity index (χ3n) is 3.56. The molecule has 1 saturated heterocycles. The van der Waals surface area contributed by atoms with Crippen LogP contribution in [0.4, 0.5) is 0 Å². The van der Waals surface area contributed by atoms with E-state index < -0.39 is 0 Å². The van der Waals surface area contributed by atoms with Crippen molar-refractivity contribution < 1.29 is 0 Å². The minimum atomic E-state index is 1.13. The molecule has 1 heterocycles. The predicted molar refractivity (Wildman–Crippen MR) is 75.4 cm³/mol. The van der Waals surface area contributed by atoms with Crippen molar-refractivity contribution in [2.75, 3.05) is 13.1 Å². The molecule has 1 fully saturated rings. The highest BCUT2D eigenvalue weighted by molar-refractivity contribution is 5.61. The average molecular weight is 229 g/mol. The van der Waals surface area contributed by atoms with E-state index in [1.54, 1.807) is 5.57 Å². The Morgan fingerprint density at radius 1 is 1.00 bits per heavy atom. The first-order chi connectivity index (χ1) is 8.16. The molecule has 1 nitrogen and oxygen atoms in total. The second kappa shape index (κ2) is 5.50. The van der Waals surface area contributed by atoms with E-state index in [-0.39, 0.29) is 0 Å². The Balaban J connectivity index is 2.30. The zero-order chi connectivity index (χ0) is 12.3. The number of nitrogens with one attached hydrogen (secondary N) is 1. The van der Waals surface area contributed by atoms with E-state index in [0.29, 0.717) is 0 Å². The van der Waals surface area contributed by atoms with Gasteiger partial charge in [0.05, 0.1) is 0 Å². The lowest BCUT2D eigenvalue weighted by atomic mass is 9.96. The summed E-state index contributed by atoms with van der Waals surface area (Å²) in [5.74, 6) is 0. The molecule has 2 rings (SSSR count). The van der Waals surface area contributed by atoms with Crippen molar-refractivity contribution in [3.63, 3.8) is 0 Å². The molecule has 1 aliphatic rings. The second-order valence-corrected chi connectivity index (χ2v) is 5.22. The minimum Gasteiger partial charge on any atom is -0.316 e. The van der Waals surface area contributed by atoms with Gasteiger partial charge in [-0.3, -0.25) is 0 Å². The monoisotopic (exact) mass is 229 g/mol. The summed E-state index contributed by atoms with van der Waals surface area (Å²) in [6, 6.07) is 4.57. The van der Waals surface area contributed by atoms with Gasteiger partial charge in [0.1, 0.15) is 0 Å². The molecular formula is C16H23N. The van der Waals surface area contributed by atoms with Crippen LogP contribution in [-0.4, -0.2) is 13.1 Å². The summed E-state index contributed by atoms with van der Waals surface area (Å²) in [6.45, 7) is 8.92. The van der Waals surface area contributed by atoms with Gasteiger partial charge in [-0.05, 0) is 69.8 Å². The first-order valence-corrected chi connectivity index (χ1v) is 6.65. The fourth-order valence-corrected chi connectivity index (χ4v) is 2.71. The molecule has 1 heteroatoms. The Morgan fingerprint density at radius 2 is 1.71 bits per heavy atom. The van der Waals surface area contributed by atoms with Crippen LogP contribution >= 0.6 is 0 Å². The van der Waals surface area contributed by atoms with E-state index >= 15 is 0 Å². The van der Waals surface area contributed by atoms with Crippen molar-refractivity contribution in [1.29, 1.82) is 0 Å². The zero-order valence-corrected chi connectivity index (χ0v) is 11.3. The fraction of sp³-hybridized carbons (Fsp3) is 0.500. The highest BCUT2D eigenvalue weighted by atomic mass is 14.8. The third kappa shape index (κ3) is 3.19. The standard InChI is InChI=1S/C16H23N/c1-12-9-13(2)16(14(3)10-12)11-15-5-4-7-17-8-6-15/h9-11,17H,4-8H2,1-3H3/b15-11-. The topological polar surface area (TPSA) is 12.0 Å². The third-order valence-corrected chi connectivity index (χ3v) is 3.56. The van der Waals surface area contributed by atoms with Crippen LogP contribution in [0.3, 0.4) is 0 Å². The lowest BCUT2D eigenvalue weighted by molar-refractivity contribution is 0.703. The number of aryl methyl sites for hydroxylation is 3. The van der Waals surface area contributed by atoms with E-state index in [2.05, 4.69) is 44.3 Å². The van der Waals surface area contributed by atoms with Crippen molar-refractivity contribution in [2.45, 2.75) is 40.0 Å². The Hall–Kier alpha value is -1.08. The fourth-order valence-electron chi connectivity index (χ4n) is 2.71. The van der Waals surface area contributed by atoms with E-state index in [1.165, 1.54) is 48.1 Å². The second-order valence-electron chi connectivity index (χ2n) is 5.22. The molecule has 0 radical (unpaired) electrons. The van der Waals surface area contributed by atoms with E-state index in [9.17, 15) is 0 Å². The summed E-state index contributed by atoms with van der Waals surface area (Å²) in [5.41, 5.74) is 7.22. The lowest BCUT2D eigenvalue weighted by Crippen LogP contribution is -2.13. The van der Waals surface area contributed by atoms with Crippen molar-refractivity contribution in [3.05, 3.63) is 40.0 Å². The molecule has 1 N–H and O–H groups in total. The highest BCUT2D eigenvalue weighted by Gasteiger charge is 2.06. The van der Waals surface area contributed by atoms with Crippen molar-refractivity contribution >= 4 is 6.08 Å². The maximum Gasteiger partial charge on any atom is -0.00115 e. The van der Waals surface area contributed by atoms with Gasteiger partial charge >= 0.3 is 0 Å². The zero-order valence-electron chi connectivity index (χ0n) is 11.3. The van der Waals surface area contributed by atoms with Crippen LogP contribution in [0.25, 0.3) is 6.08 Å². The summed E-state index contributed by atoms with van der Waals surface area (Å²) in [6.07, 6.45) is 6.15. The summed E-state index contributed by atoms with van der Waals surface area (Å²) >= 11 is 0. The SMILES string of the molecule is Cc1cc(C)c(/C=C2/CCCNCC2)c(C)c1. The van der Waals surface area contributed by atoms with E-state index in [0.717, 1.165) is 6.54 Å². The molecule has 0 spiro atoms. The summed E-state index contributed by atoms with van der Waals surface area (Å²) in [4.78, 5) is 0. The van der Waals surface area contributed by atoms with Crippen molar-refractivity contribution in [1.82, 2.24) is 5.32 Å². The van der Waals surface area contributed by atoms with Crippen LogP contribution in [0.15, 0.2) is 17.7 Å². The number of hydrogen-bond donors (Lipinski definition) is 1. The highest BCUT2D eigenvalue weighted by Crippen LogP contribution is 2.22. The van der Waals surface area contributed by atoms with Gasteiger partial charge in [0, 0.05) is 0 Å². The van der Waals surface area contributed by atoms with Crippen LogP contribution in [0, 0.1) is 20.8 Å². The van der Waals surface area contributed by atoms with Gasteiger partial charge in [0.2, 0.25) is 0 Å². The van der Waals surface area contributed by atoms with Crippen molar-refractivity contribution in [2.24, 2.45) is 0 Å². The maximum atomic E-state index is 3.46. The van der Waals surface area contributed by atoms with Crippen LogP contribution in [-0.2, 0) is 0 Å². The van der Waals surface area contributed by atoms with Crippen LogP contribution in [0.5, 0.6) is 0 Å². The van der Waals surface area contributed by atoms with E-state index in [4.69, 9.17) is 0 Å². The quantitative estimate of drug-likeness (QED) is 0.773. The van der Waals surface area contributed by atoms with Gasteiger partial charge < -0.3 is 5.32 Å². The summed E-state index contributed by atoms with van der Waals surface area (Å²) < 4.78 is 0. The number of benzene rings is 1. The van der Waals surface area contributed by atoms with Gasteiger partial charge in [-0.25, -0.2) is 0 Å². The first-order valence-electron chi connectivity index (χ1n) is 6.65. The molecular weight excluding hydrogens is 206 g/mol. The smallest absolute Gasteiger partial charge is 0.00115 e. The molecule has 0 amide bonds. The molecule has 17 heavy (non-hydrogen) atoms. The average Bonchev–Trinajstić information content (AvgIpc) is 2.51. The maximum absolute atomic E-state index is 3.46. The van der Waals surface area contributed by atoms with Crippen LogP contribution in [0.1, 0.15) is 41.5 Å². The van der Waals surface area contributed by atoms with Gasteiger partial charge in [-0.2, -0.15) is 0 Å². The molecule has 0 atom stereocenters. The molecule has 1 aliphatic heterocycles. The number of hydrogen-bond acceptors (Lipinski definition) is 1. The first kappa shape index (κ1) is 12.4. The van der Waals surface area contributed by atoms with Crippen LogP contribution in [0.2, 0.25) is 0 Å². The molecule has 0 unspecified atom stereocenters. The number of rotatable bonds is 1. The van der Waals surface area contributed by atoms with Crippen LogP contribution < -0.4 is 5.32 Å². The summed E-state index contributed by atoms with van der Waals surface area (Å²) in [5, 5.41) is 3.46. The Bertz CT molecular complexity index is 396. The molecule has 1 aromatic rings. The molecule has 1 aromatic carbocycles. The predicted octanol–water partition coefficient (Wildman–Crippen LogP) is 3.77. The Kier molecular flexibility index (Phi) is 4.01. The Morgan fingerprint density at radius 3 is 2.41 bits per heavy atom. The van der Waals surface area contributed by atoms with Gasteiger partial charge in [0.25, 0.3) is 0 Å². The van der Waals surface area contributed by atoms with Gasteiger partial charge in [0.15, 0.2) is 0 Å². The van der Waals surface area contributed by atoms with Gasteiger partial charge in [-0.15, -0.1) is 0 Å².